The van der Waals surface area contributed by atoms with Crippen LogP contribution in [-0.2, 0) is 24.1 Å². The summed E-state index contributed by atoms with van der Waals surface area (Å²) >= 11 is 6.39. The molecule has 3 aromatic rings. The Morgan fingerprint density at radius 1 is 1.13 bits per heavy atom. The van der Waals surface area contributed by atoms with Crippen molar-refractivity contribution in [2.45, 2.75) is 45.2 Å². The molecule has 2 aromatic heterocycles. The monoisotopic (exact) mass is 436 g/mol. The number of ether oxygens (including phenoxy) is 1. The lowest BCUT2D eigenvalue weighted by Crippen LogP contribution is -2.24. The summed E-state index contributed by atoms with van der Waals surface area (Å²) in [6.07, 6.45) is 7.74. The Balaban J connectivity index is 1.49. The molecule has 1 atom stereocenters. The molecule has 3 heterocycles. The third-order valence-corrected chi connectivity index (χ3v) is 6.13. The van der Waals surface area contributed by atoms with Gasteiger partial charge >= 0.3 is 0 Å². The molecule has 0 saturated carbocycles. The maximum atomic E-state index is 6.39. The molecule has 0 radical (unpaired) electrons. The Bertz CT molecular complexity index is 1010. The van der Waals surface area contributed by atoms with E-state index in [1.165, 1.54) is 12.0 Å². The predicted octanol–water partition coefficient (Wildman–Crippen LogP) is 4.95. The number of halogens is 1. The number of nitrogens with zero attached hydrogens (tertiary/aromatic N) is 4. The van der Waals surface area contributed by atoms with Gasteiger partial charge in [-0.25, -0.2) is 9.97 Å². The van der Waals surface area contributed by atoms with E-state index >= 15 is 0 Å². The van der Waals surface area contributed by atoms with E-state index in [1.807, 2.05) is 30.6 Å². The number of pyridine rings is 1. The van der Waals surface area contributed by atoms with E-state index in [2.05, 4.69) is 40.0 Å². The molecule has 1 saturated heterocycles. The summed E-state index contributed by atoms with van der Waals surface area (Å²) in [5.41, 5.74) is 5.74. The highest BCUT2D eigenvalue weighted by atomic mass is 35.5. The number of likely N-dealkylation sites (tertiary alicyclic amines) is 1. The summed E-state index contributed by atoms with van der Waals surface area (Å²) in [7, 11) is 1.70. The van der Waals surface area contributed by atoms with Crippen LogP contribution >= 0.6 is 11.6 Å². The van der Waals surface area contributed by atoms with E-state index in [0.29, 0.717) is 12.6 Å². The van der Waals surface area contributed by atoms with Gasteiger partial charge in [0.05, 0.1) is 18.3 Å². The Hall–Kier alpha value is -2.34. The van der Waals surface area contributed by atoms with E-state index in [-0.39, 0.29) is 0 Å². The minimum Gasteiger partial charge on any atom is -0.384 e. The van der Waals surface area contributed by atoms with Crippen molar-refractivity contribution in [3.05, 3.63) is 87.7 Å². The second kappa shape index (κ2) is 10.3. The fraction of sp³-hybridized carbons (Fsp3) is 0.400. The fourth-order valence-corrected chi connectivity index (χ4v) is 4.48. The summed E-state index contributed by atoms with van der Waals surface area (Å²) in [5.74, 6) is 0.827. The summed E-state index contributed by atoms with van der Waals surface area (Å²) in [5, 5.41) is 0.815. The Labute approximate surface area is 189 Å². The maximum absolute atomic E-state index is 6.39. The number of hydrogen-bond donors (Lipinski definition) is 0. The van der Waals surface area contributed by atoms with Crippen LogP contribution in [0.5, 0.6) is 0 Å². The molecule has 31 heavy (non-hydrogen) atoms. The lowest BCUT2D eigenvalue weighted by atomic mass is 10.0. The average Bonchev–Trinajstić information content (AvgIpc) is 3.23. The first-order valence-corrected chi connectivity index (χ1v) is 11.2. The molecule has 0 bridgehead atoms. The first-order valence-electron chi connectivity index (χ1n) is 10.9. The number of aromatic nitrogens is 3. The molecular weight excluding hydrogens is 408 g/mol. The lowest BCUT2D eigenvalue weighted by Gasteiger charge is -2.24. The van der Waals surface area contributed by atoms with Crippen molar-refractivity contribution in [3.63, 3.8) is 0 Å². The van der Waals surface area contributed by atoms with Crippen LogP contribution in [0, 0.1) is 6.92 Å². The SMILES string of the molecule is COCCc1ncc(CN2CCC[C@H]2c2cc(Cc3ccccc3Cl)cc(C)n2)cn1. The van der Waals surface area contributed by atoms with Crippen molar-refractivity contribution in [3.8, 4) is 0 Å². The Morgan fingerprint density at radius 3 is 2.71 bits per heavy atom. The van der Waals surface area contributed by atoms with Crippen molar-refractivity contribution >= 4 is 11.6 Å². The third-order valence-electron chi connectivity index (χ3n) is 5.76. The summed E-state index contributed by atoms with van der Waals surface area (Å²) in [4.78, 5) is 16.4. The van der Waals surface area contributed by atoms with E-state index in [9.17, 15) is 0 Å². The zero-order valence-corrected chi connectivity index (χ0v) is 19.0. The van der Waals surface area contributed by atoms with Crippen LogP contribution in [0.25, 0.3) is 0 Å². The molecule has 0 amide bonds. The van der Waals surface area contributed by atoms with Gasteiger partial charge in [-0.15, -0.1) is 0 Å². The van der Waals surface area contributed by atoms with Crippen LogP contribution in [0.3, 0.4) is 0 Å². The molecule has 0 unspecified atom stereocenters. The van der Waals surface area contributed by atoms with Gasteiger partial charge < -0.3 is 4.74 Å². The highest BCUT2D eigenvalue weighted by Gasteiger charge is 2.27. The van der Waals surface area contributed by atoms with Crippen molar-refractivity contribution in [1.29, 1.82) is 0 Å². The molecule has 1 fully saturated rings. The number of methoxy groups -OCH3 is 1. The van der Waals surface area contributed by atoms with Gasteiger partial charge in [-0.3, -0.25) is 9.88 Å². The van der Waals surface area contributed by atoms with Crippen molar-refractivity contribution < 1.29 is 4.74 Å². The molecule has 5 nitrogen and oxygen atoms in total. The van der Waals surface area contributed by atoms with Gasteiger partial charge in [0.25, 0.3) is 0 Å². The van der Waals surface area contributed by atoms with Gasteiger partial charge in [0, 0.05) is 48.7 Å². The van der Waals surface area contributed by atoms with Crippen LogP contribution < -0.4 is 0 Å². The maximum Gasteiger partial charge on any atom is 0.130 e. The molecule has 1 aliphatic heterocycles. The van der Waals surface area contributed by atoms with E-state index in [4.69, 9.17) is 21.3 Å². The smallest absolute Gasteiger partial charge is 0.130 e. The lowest BCUT2D eigenvalue weighted by molar-refractivity contribution is 0.200. The molecule has 1 aliphatic rings. The third kappa shape index (κ3) is 5.67. The number of aryl methyl sites for hydroxylation is 1. The summed E-state index contributed by atoms with van der Waals surface area (Å²) < 4.78 is 5.11. The molecule has 0 N–H and O–H groups in total. The molecule has 0 aliphatic carbocycles. The normalized spacial score (nSPS) is 16.7. The van der Waals surface area contributed by atoms with Crippen LogP contribution in [0.4, 0.5) is 0 Å². The second-order valence-corrected chi connectivity index (χ2v) is 8.60. The van der Waals surface area contributed by atoms with Crippen LogP contribution in [0.1, 0.15) is 52.8 Å². The number of rotatable bonds is 8. The van der Waals surface area contributed by atoms with Gasteiger partial charge in [0.2, 0.25) is 0 Å². The topological polar surface area (TPSA) is 51.1 Å². The Kier molecular flexibility index (Phi) is 7.28. The molecule has 4 rings (SSSR count). The summed E-state index contributed by atoms with van der Waals surface area (Å²) in [6.45, 7) is 4.62. The van der Waals surface area contributed by atoms with Gasteiger partial charge in [-0.05, 0) is 62.1 Å². The van der Waals surface area contributed by atoms with Crippen LogP contribution in [-0.4, -0.2) is 40.1 Å². The number of hydrogen-bond acceptors (Lipinski definition) is 5. The summed E-state index contributed by atoms with van der Waals surface area (Å²) in [6, 6.07) is 12.8. The minimum atomic E-state index is 0.318. The van der Waals surface area contributed by atoms with Crippen molar-refractivity contribution in [2.24, 2.45) is 0 Å². The molecular formula is C25H29ClN4O. The van der Waals surface area contributed by atoms with Crippen molar-refractivity contribution in [2.75, 3.05) is 20.3 Å². The predicted molar refractivity (Wildman–Crippen MR) is 123 cm³/mol. The highest BCUT2D eigenvalue weighted by Crippen LogP contribution is 2.33. The fourth-order valence-electron chi connectivity index (χ4n) is 4.27. The van der Waals surface area contributed by atoms with Crippen LogP contribution in [0.15, 0.2) is 48.8 Å². The quantitative estimate of drug-likeness (QED) is 0.500. The standard InChI is InChI=1S/C25H29ClN4O/c1-18-12-19(13-21-6-3-4-7-22(21)26)14-23(29-18)24-8-5-10-30(24)17-20-15-27-25(28-16-20)9-11-31-2/h3-4,6-7,12,14-16,24H,5,8-11,13,17H2,1-2H3/t24-/m0/s1. The van der Waals surface area contributed by atoms with Gasteiger partial charge in [-0.1, -0.05) is 29.8 Å². The zero-order chi connectivity index (χ0) is 21.6. The molecule has 0 spiro atoms. The molecule has 1 aromatic carbocycles. The number of benzene rings is 1. The van der Waals surface area contributed by atoms with E-state index in [1.54, 1.807) is 7.11 Å². The van der Waals surface area contributed by atoms with Crippen LogP contribution in [0.2, 0.25) is 5.02 Å². The van der Waals surface area contributed by atoms with E-state index < -0.39 is 0 Å². The van der Waals surface area contributed by atoms with Crippen molar-refractivity contribution in [1.82, 2.24) is 19.9 Å². The average molecular weight is 437 g/mol. The largest absolute Gasteiger partial charge is 0.384 e. The second-order valence-electron chi connectivity index (χ2n) is 8.19. The first-order chi connectivity index (χ1) is 15.1. The zero-order valence-electron chi connectivity index (χ0n) is 18.2. The van der Waals surface area contributed by atoms with Gasteiger partial charge in [-0.2, -0.15) is 0 Å². The molecule has 162 valence electrons. The van der Waals surface area contributed by atoms with E-state index in [0.717, 1.165) is 65.7 Å². The first kappa shape index (κ1) is 21.9. The van der Waals surface area contributed by atoms with Gasteiger partial charge in [0.1, 0.15) is 5.82 Å². The molecule has 6 heteroatoms. The Morgan fingerprint density at radius 2 is 1.94 bits per heavy atom. The van der Waals surface area contributed by atoms with Gasteiger partial charge in [0.15, 0.2) is 0 Å². The highest BCUT2D eigenvalue weighted by molar-refractivity contribution is 6.31. The minimum absolute atomic E-state index is 0.318.